The molecule has 0 saturated carbocycles. The summed E-state index contributed by atoms with van der Waals surface area (Å²) in [5.41, 5.74) is 11.5. The topological polar surface area (TPSA) is 44.8 Å². The summed E-state index contributed by atoms with van der Waals surface area (Å²) in [4.78, 5) is 10.3. The van der Waals surface area contributed by atoms with Crippen LogP contribution in [0.1, 0.15) is 5.56 Å². The van der Waals surface area contributed by atoms with Gasteiger partial charge >= 0.3 is 0 Å². The van der Waals surface area contributed by atoms with Crippen molar-refractivity contribution >= 4 is 55.4 Å². The zero-order chi connectivity index (χ0) is 28.3. The van der Waals surface area contributed by atoms with Crippen molar-refractivity contribution in [2.24, 2.45) is 0 Å². The highest BCUT2D eigenvalue weighted by atomic mass is 15.0. The number of fused-ring (bicyclic) bond motifs is 8. The maximum Gasteiger partial charge on any atom is 0.0956 e. The van der Waals surface area contributed by atoms with Crippen molar-refractivity contribution in [3.63, 3.8) is 0 Å². The second-order valence-electron chi connectivity index (χ2n) is 11.0. The van der Waals surface area contributed by atoms with Crippen LogP contribution in [0.15, 0.2) is 133 Å². The third-order valence-corrected chi connectivity index (χ3v) is 8.49. The summed E-state index contributed by atoms with van der Waals surface area (Å²) in [6.07, 6.45) is 4.23. The first-order valence-electron chi connectivity index (χ1n) is 14.6. The fourth-order valence-electron chi connectivity index (χ4n) is 6.51. The smallest absolute Gasteiger partial charge is 0.0956 e. The van der Waals surface area contributed by atoms with Gasteiger partial charge in [0.2, 0.25) is 0 Å². The van der Waals surface area contributed by atoms with Gasteiger partial charge in [-0.15, -0.1) is 18.3 Å². The Bertz CT molecular complexity index is 2380. The molecule has 0 spiro atoms. The molecular weight excluding hydrogens is 524 g/mol. The first kappa shape index (κ1) is 23.9. The van der Waals surface area contributed by atoms with Gasteiger partial charge in [-0.05, 0) is 41.3 Å². The molecule has 0 fully saturated rings. The summed E-state index contributed by atoms with van der Waals surface area (Å²) in [5.74, 6) is 0. The molecule has 0 bridgehead atoms. The van der Waals surface area contributed by atoms with Gasteiger partial charge in [-0.3, -0.25) is 0 Å². The molecule has 202 valence electrons. The molecule has 9 rings (SSSR count). The third kappa shape index (κ3) is 3.70. The molecular formula is C39H25N4-. The second-order valence-corrected chi connectivity index (χ2v) is 11.0. The van der Waals surface area contributed by atoms with Gasteiger partial charge in [-0.1, -0.05) is 103 Å². The van der Waals surface area contributed by atoms with E-state index in [-0.39, 0.29) is 0 Å². The van der Waals surface area contributed by atoms with Gasteiger partial charge < -0.3 is 9.88 Å². The largest absolute Gasteiger partial charge is 0.679 e. The van der Waals surface area contributed by atoms with E-state index < -0.39 is 0 Å². The average molecular weight is 550 g/mol. The van der Waals surface area contributed by atoms with Crippen molar-refractivity contribution in [3.05, 3.63) is 144 Å². The van der Waals surface area contributed by atoms with E-state index in [0.717, 1.165) is 72.3 Å². The Morgan fingerprint density at radius 1 is 0.628 bits per heavy atom. The maximum atomic E-state index is 5.24. The monoisotopic (exact) mass is 549 g/mol. The summed E-state index contributed by atoms with van der Waals surface area (Å²) < 4.78 is 2.37. The summed E-state index contributed by atoms with van der Waals surface area (Å²) in [5, 5.41) is 9.47. The SMILES string of the molecule is C1=Cc2ccc3ccc(-c4ccc(-n5c6ccccc6c6c7ccccc7nc(-c7ccccc7)c65)cc4)nc3c2[N-]C1. The third-order valence-electron chi connectivity index (χ3n) is 8.49. The molecule has 4 nitrogen and oxygen atoms in total. The van der Waals surface area contributed by atoms with E-state index in [4.69, 9.17) is 15.3 Å². The van der Waals surface area contributed by atoms with E-state index >= 15 is 0 Å². The fraction of sp³-hybridized carbons (Fsp3) is 0.0256. The van der Waals surface area contributed by atoms with Crippen molar-refractivity contribution < 1.29 is 0 Å². The van der Waals surface area contributed by atoms with Gasteiger partial charge in [0.1, 0.15) is 0 Å². The minimum atomic E-state index is 0.695. The molecule has 0 N–H and O–H groups in total. The van der Waals surface area contributed by atoms with Crippen LogP contribution in [0.3, 0.4) is 0 Å². The number of para-hydroxylation sites is 2. The Morgan fingerprint density at radius 3 is 2.28 bits per heavy atom. The van der Waals surface area contributed by atoms with Gasteiger partial charge in [-0.25, -0.2) is 9.97 Å². The van der Waals surface area contributed by atoms with Gasteiger partial charge in [-0.2, -0.15) is 0 Å². The standard InChI is InChI=1S/C39H25N4/c1-2-9-26(10-3-1)38-39-35(30-12-4-6-14-33(30)42-38)31-13-5-7-15-34(31)43(39)29-21-18-25(19-22-29)32-23-20-28-17-16-27-11-8-24-40-36(27)37(28)41-32/h1-23H,24H2/q-1. The van der Waals surface area contributed by atoms with E-state index in [9.17, 15) is 0 Å². The van der Waals surface area contributed by atoms with Crippen molar-refractivity contribution in [1.82, 2.24) is 14.5 Å². The molecule has 0 radical (unpaired) electrons. The summed E-state index contributed by atoms with van der Waals surface area (Å²) in [6, 6.07) is 44.9. The Morgan fingerprint density at radius 2 is 1.40 bits per heavy atom. The van der Waals surface area contributed by atoms with Crippen LogP contribution in [-0.4, -0.2) is 21.1 Å². The molecule has 5 aromatic carbocycles. The summed E-state index contributed by atoms with van der Waals surface area (Å²) >= 11 is 0. The highest BCUT2D eigenvalue weighted by Crippen LogP contribution is 2.41. The fourth-order valence-corrected chi connectivity index (χ4v) is 6.51. The molecule has 0 saturated heterocycles. The van der Waals surface area contributed by atoms with Crippen LogP contribution in [-0.2, 0) is 0 Å². The van der Waals surface area contributed by atoms with Crippen molar-refractivity contribution in [1.29, 1.82) is 0 Å². The lowest BCUT2D eigenvalue weighted by Gasteiger charge is -2.27. The lowest BCUT2D eigenvalue weighted by atomic mass is 10.0. The molecule has 4 heterocycles. The minimum absolute atomic E-state index is 0.695. The van der Waals surface area contributed by atoms with Gasteiger partial charge in [0, 0.05) is 33.0 Å². The first-order chi connectivity index (χ1) is 21.3. The van der Waals surface area contributed by atoms with E-state index in [1.54, 1.807) is 0 Å². The second kappa shape index (κ2) is 9.40. The normalized spacial score (nSPS) is 12.7. The quantitative estimate of drug-likeness (QED) is 0.220. The van der Waals surface area contributed by atoms with Crippen LogP contribution >= 0.6 is 0 Å². The highest BCUT2D eigenvalue weighted by molar-refractivity contribution is 6.23. The predicted molar refractivity (Wildman–Crippen MR) is 179 cm³/mol. The van der Waals surface area contributed by atoms with Crippen LogP contribution in [0.4, 0.5) is 5.69 Å². The molecule has 0 atom stereocenters. The minimum Gasteiger partial charge on any atom is -0.679 e. The molecule has 0 amide bonds. The van der Waals surface area contributed by atoms with E-state index in [0.29, 0.717) is 6.54 Å². The maximum absolute atomic E-state index is 5.24. The molecule has 4 heteroatoms. The highest BCUT2D eigenvalue weighted by Gasteiger charge is 2.20. The zero-order valence-corrected chi connectivity index (χ0v) is 23.3. The molecule has 1 aliphatic rings. The van der Waals surface area contributed by atoms with Gasteiger partial charge in [0.25, 0.3) is 0 Å². The van der Waals surface area contributed by atoms with Gasteiger partial charge in [0.05, 0.1) is 33.5 Å². The molecule has 0 aliphatic carbocycles. The molecule has 1 aliphatic heterocycles. The Kier molecular flexibility index (Phi) is 5.23. The zero-order valence-electron chi connectivity index (χ0n) is 23.3. The number of benzene rings is 5. The van der Waals surface area contributed by atoms with E-state index in [2.05, 4.69) is 144 Å². The van der Waals surface area contributed by atoms with E-state index in [1.165, 1.54) is 10.8 Å². The summed E-state index contributed by atoms with van der Waals surface area (Å²) in [7, 11) is 0. The Labute approximate surface area is 248 Å². The lowest BCUT2D eigenvalue weighted by Crippen LogP contribution is -1.98. The van der Waals surface area contributed by atoms with E-state index in [1.807, 2.05) is 0 Å². The number of hydrogen-bond donors (Lipinski definition) is 0. The number of rotatable bonds is 3. The number of aromatic nitrogens is 3. The molecule has 8 aromatic rings. The predicted octanol–water partition coefficient (Wildman–Crippen LogP) is 10.2. The summed E-state index contributed by atoms with van der Waals surface area (Å²) in [6.45, 7) is 0.695. The Hall–Kier alpha value is -5.74. The first-order valence-corrected chi connectivity index (χ1v) is 14.6. The van der Waals surface area contributed by atoms with Gasteiger partial charge in [0.15, 0.2) is 0 Å². The average Bonchev–Trinajstić information content (AvgIpc) is 3.44. The molecule has 0 unspecified atom stereocenters. The van der Waals surface area contributed by atoms with Crippen molar-refractivity contribution in [2.75, 3.05) is 6.54 Å². The number of pyridine rings is 2. The van der Waals surface area contributed by atoms with Crippen LogP contribution in [0.5, 0.6) is 0 Å². The lowest BCUT2D eigenvalue weighted by molar-refractivity contribution is 1.17. The van der Waals surface area contributed by atoms with Crippen molar-refractivity contribution in [3.8, 4) is 28.2 Å². The number of nitrogens with zero attached hydrogens (tertiary/aromatic N) is 4. The van der Waals surface area contributed by atoms with Crippen LogP contribution < -0.4 is 0 Å². The Balaban J connectivity index is 1.27. The number of hydrogen-bond acceptors (Lipinski definition) is 2. The molecule has 43 heavy (non-hydrogen) atoms. The van der Waals surface area contributed by atoms with Crippen LogP contribution in [0.2, 0.25) is 0 Å². The van der Waals surface area contributed by atoms with Crippen molar-refractivity contribution in [2.45, 2.75) is 0 Å². The molecule has 3 aromatic heterocycles. The van der Waals surface area contributed by atoms with Crippen LogP contribution in [0.25, 0.3) is 83.2 Å². The van der Waals surface area contributed by atoms with Crippen LogP contribution in [0, 0.1) is 0 Å².